The van der Waals surface area contributed by atoms with Gasteiger partial charge in [-0.3, -0.25) is 0 Å². The number of ether oxygens (including phenoxy) is 3. The van der Waals surface area contributed by atoms with Crippen LogP contribution in [0.3, 0.4) is 0 Å². The monoisotopic (exact) mass is 363 g/mol. The molecule has 0 radical (unpaired) electrons. The lowest BCUT2D eigenvalue weighted by Gasteiger charge is -2.12. The minimum atomic E-state index is 0.581. The molecule has 0 spiro atoms. The SMILES string of the molecule is COc1cc(/C=C/c2ccc(N)c(Br)c2)cc(OC)c1OC. The highest BCUT2D eigenvalue weighted by Gasteiger charge is 2.11. The Balaban J connectivity index is 2.36. The van der Waals surface area contributed by atoms with Crippen molar-refractivity contribution >= 4 is 33.8 Å². The number of benzene rings is 2. The summed E-state index contributed by atoms with van der Waals surface area (Å²) in [5.74, 6) is 1.83. The van der Waals surface area contributed by atoms with Crippen LogP contribution in [0.2, 0.25) is 0 Å². The molecule has 0 saturated carbocycles. The maximum atomic E-state index is 5.79. The molecule has 0 aliphatic carbocycles. The van der Waals surface area contributed by atoms with Crippen LogP contribution in [0.15, 0.2) is 34.8 Å². The van der Waals surface area contributed by atoms with Crippen molar-refractivity contribution in [2.75, 3.05) is 27.1 Å². The number of halogens is 1. The summed E-state index contributed by atoms with van der Waals surface area (Å²) in [7, 11) is 4.78. The van der Waals surface area contributed by atoms with E-state index >= 15 is 0 Å². The smallest absolute Gasteiger partial charge is 0.203 e. The van der Waals surface area contributed by atoms with Gasteiger partial charge in [-0.1, -0.05) is 18.2 Å². The lowest BCUT2D eigenvalue weighted by atomic mass is 10.1. The first kappa shape index (κ1) is 16.2. The summed E-state index contributed by atoms with van der Waals surface area (Å²) < 4.78 is 16.9. The van der Waals surface area contributed by atoms with Gasteiger partial charge in [-0.25, -0.2) is 0 Å². The van der Waals surface area contributed by atoms with Crippen LogP contribution in [0, 0.1) is 0 Å². The zero-order valence-corrected chi connectivity index (χ0v) is 14.3. The van der Waals surface area contributed by atoms with E-state index in [-0.39, 0.29) is 0 Å². The van der Waals surface area contributed by atoms with Gasteiger partial charge in [0.25, 0.3) is 0 Å². The predicted molar refractivity (Wildman–Crippen MR) is 93.6 cm³/mol. The predicted octanol–water partition coefficient (Wildman–Crippen LogP) is 4.23. The van der Waals surface area contributed by atoms with Crippen molar-refractivity contribution in [2.45, 2.75) is 0 Å². The summed E-state index contributed by atoms with van der Waals surface area (Å²) in [6.45, 7) is 0. The molecule has 2 N–H and O–H groups in total. The Hall–Kier alpha value is -2.14. The Morgan fingerprint density at radius 3 is 1.95 bits per heavy atom. The topological polar surface area (TPSA) is 53.7 Å². The quantitative estimate of drug-likeness (QED) is 0.637. The van der Waals surface area contributed by atoms with E-state index in [0.717, 1.165) is 15.6 Å². The number of anilines is 1. The fraction of sp³-hybridized carbons (Fsp3) is 0.176. The van der Waals surface area contributed by atoms with E-state index in [4.69, 9.17) is 19.9 Å². The number of hydrogen-bond donors (Lipinski definition) is 1. The molecule has 0 heterocycles. The van der Waals surface area contributed by atoms with Crippen molar-refractivity contribution in [1.82, 2.24) is 0 Å². The van der Waals surface area contributed by atoms with E-state index in [1.807, 2.05) is 42.5 Å². The van der Waals surface area contributed by atoms with Gasteiger partial charge in [0.2, 0.25) is 5.75 Å². The van der Waals surface area contributed by atoms with E-state index in [1.54, 1.807) is 21.3 Å². The second-order valence-corrected chi connectivity index (χ2v) is 5.43. The van der Waals surface area contributed by atoms with Crippen molar-refractivity contribution in [3.8, 4) is 17.2 Å². The average Bonchev–Trinajstić information content (AvgIpc) is 2.54. The molecule has 0 aromatic heterocycles. The zero-order valence-electron chi connectivity index (χ0n) is 12.7. The fourth-order valence-corrected chi connectivity index (χ4v) is 2.43. The first-order valence-corrected chi connectivity index (χ1v) is 7.41. The molecule has 5 heteroatoms. The zero-order chi connectivity index (χ0) is 16.1. The largest absolute Gasteiger partial charge is 0.493 e. The highest BCUT2D eigenvalue weighted by molar-refractivity contribution is 9.10. The van der Waals surface area contributed by atoms with E-state index in [9.17, 15) is 0 Å². The van der Waals surface area contributed by atoms with Gasteiger partial charge < -0.3 is 19.9 Å². The van der Waals surface area contributed by atoms with E-state index in [1.165, 1.54) is 0 Å². The van der Waals surface area contributed by atoms with E-state index < -0.39 is 0 Å². The third-order valence-corrected chi connectivity index (χ3v) is 3.87. The number of hydrogen-bond acceptors (Lipinski definition) is 4. The minimum absolute atomic E-state index is 0.581. The van der Waals surface area contributed by atoms with Crippen LogP contribution in [0.1, 0.15) is 11.1 Å². The van der Waals surface area contributed by atoms with Gasteiger partial charge in [0.05, 0.1) is 21.3 Å². The Bertz CT molecular complexity index is 673. The summed E-state index contributed by atoms with van der Waals surface area (Å²) in [4.78, 5) is 0. The standard InChI is InChI=1S/C17H18BrNO3/c1-20-15-9-12(10-16(21-2)17(15)22-3)5-4-11-6-7-14(19)13(18)8-11/h4-10H,19H2,1-3H3/b5-4+. The summed E-state index contributed by atoms with van der Waals surface area (Å²) in [5.41, 5.74) is 8.48. The average molecular weight is 364 g/mol. The lowest BCUT2D eigenvalue weighted by molar-refractivity contribution is 0.324. The Labute approximate surface area is 138 Å². The van der Waals surface area contributed by atoms with Crippen molar-refractivity contribution in [3.05, 3.63) is 45.9 Å². The number of nitrogens with two attached hydrogens (primary N) is 1. The first-order valence-electron chi connectivity index (χ1n) is 6.62. The molecule has 22 heavy (non-hydrogen) atoms. The summed E-state index contributed by atoms with van der Waals surface area (Å²) in [5, 5.41) is 0. The molecule has 0 atom stereocenters. The van der Waals surface area contributed by atoms with Crippen LogP contribution >= 0.6 is 15.9 Å². The van der Waals surface area contributed by atoms with Crippen molar-refractivity contribution < 1.29 is 14.2 Å². The minimum Gasteiger partial charge on any atom is -0.493 e. The van der Waals surface area contributed by atoms with Crippen LogP contribution in [0.5, 0.6) is 17.2 Å². The van der Waals surface area contributed by atoms with Gasteiger partial charge in [-0.2, -0.15) is 0 Å². The van der Waals surface area contributed by atoms with Gasteiger partial charge in [-0.05, 0) is 51.3 Å². The maximum absolute atomic E-state index is 5.79. The molecule has 2 aromatic rings. The van der Waals surface area contributed by atoms with Gasteiger partial charge in [0.15, 0.2) is 11.5 Å². The molecule has 0 unspecified atom stereocenters. The van der Waals surface area contributed by atoms with Crippen LogP contribution in [0.25, 0.3) is 12.2 Å². The molecule has 0 saturated heterocycles. The number of rotatable bonds is 5. The Morgan fingerprint density at radius 2 is 1.45 bits per heavy atom. The molecule has 2 aromatic carbocycles. The van der Waals surface area contributed by atoms with E-state index in [0.29, 0.717) is 22.9 Å². The molecular weight excluding hydrogens is 346 g/mol. The summed E-state index contributed by atoms with van der Waals surface area (Å²) in [6, 6.07) is 9.56. The molecule has 116 valence electrons. The summed E-state index contributed by atoms with van der Waals surface area (Å²) in [6.07, 6.45) is 3.97. The van der Waals surface area contributed by atoms with Gasteiger partial charge >= 0.3 is 0 Å². The van der Waals surface area contributed by atoms with Crippen molar-refractivity contribution in [1.29, 1.82) is 0 Å². The van der Waals surface area contributed by atoms with Gasteiger partial charge in [-0.15, -0.1) is 0 Å². The molecule has 2 rings (SSSR count). The highest BCUT2D eigenvalue weighted by atomic mass is 79.9. The molecule has 0 fully saturated rings. The first-order chi connectivity index (χ1) is 10.6. The number of methoxy groups -OCH3 is 3. The highest BCUT2D eigenvalue weighted by Crippen LogP contribution is 2.38. The number of nitrogen functional groups attached to an aromatic ring is 1. The third-order valence-electron chi connectivity index (χ3n) is 3.18. The molecule has 4 nitrogen and oxygen atoms in total. The third kappa shape index (κ3) is 3.54. The Morgan fingerprint density at radius 1 is 0.864 bits per heavy atom. The van der Waals surface area contributed by atoms with Gasteiger partial charge in [0.1, 0.15) is 0 Å². The normalized spacial score (nSPS) is 10.7. The summed E-state index contributed by atoms with van der Waals surface area (Å²) >= 11 is 3.42. The lowest BCUT2D eigenvalue weighted by Crippen LogP contribution is -1.95. The molecule has 0 bridgehead atoms. The molecule has 0 aliphatic heterocycles. The second-order valence-electron chi connectivity index (χ2n) is 4.57. The van der Waals surface area contributed by atoms with E-state index in [2.05, 4.69) is 15.9 Å². The maximum Gasteiger partial charge on any atom is 0.203 e. The van der Waals surface area contributed by atoms with Crippen LogP contribution in [-0.2, 0) is 0 Å². The Kier molecular flexibility index (Phi) is 5.33. The van der Waals surface area contributed by atoms with Crippen LogP contribution in [0.4, 0.5) is 5.69 Å². The van der Waals surface area contributed by atoms with Gasteiger partial charge in [0, 0.05) is 10.2 Å². The molecular formula is C17H18BrNO3. The van der Waals surface area contributed by atoms with Crippen LogP contribution in [-0.4, -0.2) is 21.3 Å². The van der Waals surface area contributed by atoms with Crippen molar-refractivity contribution in [2.24, 2.45) is 0 Å². The second kappa shape index (κ2) is 7.22. The fourth-order valence-electron chi connectivity index (χ4n) is 2.04. The molecule has 0 aliphatic rings. The van der Waals surface area contributed by atoms with Crippen molar-refractivity contribution in [3.63, 3.8) is 0 Å². The molecule has 0 amide bonds. The van der Waals surface area contributed by atoms with Crippen LogP contribution < -0.4 is 19.9 Å².